The van der Waals surface area contributed by atoms with E-state index in [0.717, 1.165) is 18.1 Å². The molecule has 0 aromatic heterocycles. The highest BCUT2D eigenvalue weighted by atomic mass is 16.4. The second kappa shape index (κ2) is 8.91. The monoisotopic (exact) mass is 298 g/mol. The van der Waals surface area contributed by atoms with Gasteiger partial charge in [0.2, 0.25) is 5.96 Å². The average molecular weight is 298 g/mol. The van der Waals surface area contributed by atoms with Gasteiger partial charge in [-0.2, -0.15) is 5.10 Å². The van der Waals surface area contributed by atoms with Gasteiger partial charge in [0.15, 0.2) is 0 Å². The molecule has 0 unspecified atom stereocenters. The van der Waals surface area contributed by atoms with Gasteiger partial charge in [0.25, 0.3) is 5.97 Å². The number of guanidine groups is 1. The van der Waals surface area contributed by atoms with Crippen molar-refractivity contribution >= 4 is 18.1 Å². The van der Waals surface area contributed by atoms with E-state index in [1.54, 1.807) is 6.21 Å². The van der Waals surface area contributed by atoms with Crippen LogP contribution in [0.1, 0.15) is 12.5 Å². The van der Waals surface area contributed by atoms with Crippen LogP contribution in [0.4, 0.5) is 0 Å². The molecular formula is C16H18N4O2. The molecule has 0 radical (unpaired) electrons. The van der Waals surface area contributed by atoms with Crippen LogP contribution in [0.15, 0.2) is 64.8 Å². The Kier molecular flexibility index (Phi) is 6.85. The van der Waals surface area contributed by atoms with Crippen LogP contribution >= 0.6 is 0 Å². The molecule has 0 saturated carbocycles. The summed E-state index contributed by atoms with van der Waals surface area (Å²) in [7, 11) is 0. The molecule has 0 atom stereocenters. The third kappa shape index (κ3) is 6.85. The lowest BCUT2D eigenvalue weighted by Gasteiger charge is -2.01. The summed E-state index contributed by atoms with van der Waals surface area (Å²) in [4.78, 5) is 9.00. The Morgan fingerprint density at radius 3 is 2.00 bits per heavy atom. The number of nitrogens with zero attached hydrogens (tertiary/aromatic N) is 2. The van der Waals surface area contributed by atoms with E-state index in [1.165, 1.54) is 5.56 Å². The maximum Gasteiger partial charge on any atom is 0.300 e. The highest BCUT2D eigenvalue weighted by Gasteiger charge is 1.95. The summed E-state index contributed by atoms with van der Waals surface area (Å²) in [5.41, 5.74) is 13.6. The third-order valence-corrected chi connectivity index (χ3v) is 2.40. The highest BCUT2D eigenvalue weighted by molar-refractivity contribution is 5.82. The Hall–Kier alpha value is -3.15. The molecular weight excluding hydrogens is 280 g/mol. The van der Waals surface area contributed by atoms with Crippen molar-refractivity contribution in [3.8, 4) is 11.1 Å². The topological polar surface area (TPSA) is 114 Å². The fraction of sp³-hybridized carbons (Fsp3) is 0.0625. The zero-order valence-electron chi connectivity index (χ0n) is 12.2. The summed E-state index contributed by atoms with van der Waals surface area (Å²) < 4.78 is 0. The van der Waals surface area contributed by atoms with Crippen molar-refractivity contribution in [3.05, 3.63) is 60.2 Å². The Balaban J connectivity index is 0.000000541. The van der Waals surface area contributed by atoms with Gasteiger partial charge in [0.05, 0.1) is 6.21 Å². The first kappa shape index (κ1) is 16.9. The molecule has 0 aliphatic rings. The van der Waals surface area contributed by atoms with Crippen LogP contribution in [0.3, 0.4) is 0 Å². The molecule has 0 fully saturated rings. The van der Waals surface area contributed by atoms with Crippen molar-refractivity contribution in [1.82, 2.24) is 0 Å². The van der Waals surface area contributed by atoms with E-state index >= 15 is 0 Å². The number of carbonyl (C=O) groups is 1. The largest absolute Gasteiger partial charge is 0.481 e. The van der Waals surface area contributed by atoms with Gasteiger partial charge < -0.3 is 16.6 Å². The number of benzene rings is 2. The fourth-order valence-electron chi connectivity index (χ4n) is 1.55. The van der Waals surface area contributed by atoms with Crippen molar-refractivity contribution in [2.45, 2.75) is 6.92 Å². The quantitative estimate of drug-likeness (QED) is 0.457. The maximum atomic E-state index is 9.00. The lowest BCUT2D eigenvalue weighted by molar-refractivity contribution is -0.134. The van der Waals surface area contributed by atoms with Crippen LogP contribution in [-0.2, 0) is 4.79 Å². The molecule has 0 saturated heterocycles. The van der Waals surface area contributed by atoms with Gasteiger partial charge in [-0.05, 0) is 16.7 Å². The van der Waals surface area contributed by atoms with Crippen LogP contribution < -0.4 is 11.5 Å². The fourth-order valence-corrected chi connectivity index (χ4v) is 1.55. The lowest BCUT2D eigenvalue weighted by atomic mass is 10.0. The number of hydrogen-bond donors (Lipinski definition) is 3. The zero-order valence-corrected chi connectivity index (χ0v) is 12.2. The van der Waals surface area contributed by atoms with Crippen LogP contribution in [0.2, 0.25) is 0 Å². The van der Waals surface area contributed by atoms with Crippen LogP contribution in [-0.4, -0.2) is 23.2 Å². The minimum absolute atomic E-state index is 0.0489. The molecule has 5 N–H and O–H groups in total. The standard InChI is InChI=1S/C14H14N4.C2H4O2/c15-14(16)18-17-10-11-6-8-13(9-7-11)12-4-2-1-3-5-12;1-2(3)4/h1-10H,(H4,15,16,18);1H3,(H,3,4)/b17-10+;. The molecule has 0 amide bonds. The number of hydrogen-bond acceptors (Lipinski definition) is 3. The SMILES string of the molecule is CC(=O)O.NC(N)=N/N=C/c1ccc(-c2ccccc2)cc1. The summed E-state index contributed by atoms with van der Waals surface area (Å²) in [6, 6.07) is 18.2. The van der Waals surface area contributed by atoms with Gasteiger partial charge in [-0.3, -0.25) is 4.79 Å². The third-order valence-electron chi connectivity index (χ3n) is 2.40. The molecule has 114 valence electrons. The van der Waals surface area contributed by atoms with Crippen LogP contribution in [0.5, 0.6) is 0 Å². The minimum atomic E-state index is -0.833. The minimum Gasteiger partial charge on any atom is -0.481 e. The van der Waals surface area contributed by atoms with E-state index in [-0.39, 0.29) is 5.96 Å². The van der Waals surface area contributed by atoms with Gasteiger partial charge in [0, 0.05) is 6.92 Å². The maximum absolute atomic E-state index is 9.00. The van der Waals surface area contributed by atoms with Gasteiger partial charge in [-0.1, -0.05) is 54.6 Å². The van der Waals surface area contributed by atoms with E-state index in [4.69, 9.17) is 21.4 Å². The van der Waals surface area contributed by atoms with Crippen molar-refractivity contribution in [1.29, 1.82) is 0 Å². The smallest absolute Gasteiger partial charge is 0.300 e. The van der Waals surface area contributed by atoms with E-state index in [0.29, 0.717) is 0 Å². The Labute approximate surface area is 128 Å². The first-order valence-electron chi connectivity index (χ1n) is 6.46. The zero-order chi connectivity index (χ0) is 16.4. The summed E-state index contributed by atoms with van der Waals surface area (Å²) in [5.74, 6) is -0.882. The normalized spacial score (nSPS) is 9.68. The molecule has 0 aliphatic carbocycles. The first-order valence-corrected chi connectivity index (χ1v) is 6.46. The molecule has 2 aromatic rings. The number of aliphatic carboxylic acids is 1. The van der Waals surface area contributed by atoms with E-state index < -0.39 is 5.97 Å². The van der Waals surface area contributed by atoms with Gasteiger partial charge >= 0.3 is 0 Å². The highest BCUT2D eigenvalue weighted by Crippen LogP contribution is 2.18. The molecule has 6 heteroatoms. The van der Waals surface area contributed by atoms with Crippen molar-refractivity contribution < 1.29 is 9.90 Å². The molecule has 22 heavy (non-hydrogen) atoms. The molecule has 6 nitrogen and oxygen atoms in total. The van der Waals surface area contributed by atoms with Crippen molar-refractivity contribution in [2.24, 2.45) is 21.7 Å². The van der Waals surface area contributed by atoms with Gasteiger partial charge in [-0.15, -0.1) is 5.10 Å². The number of nitrogens with two attached hydrogens (primary N) is 2. The first-order chi connectivity index (χ1) is 10.5. The molecule has 0 heterocycles. The second-order valence-corrected chi connectivity index (χ2v) is 4.28. The Morgan fingerprint density at radius 2 is 1.50 bits per heavy atom. The molecule has 2 aromatic carbocycles. The number of rotatable bonds is 3. The molecule has 2 rings (SSSR count). The molecule has 0 spiro atoms. The van der Waals surface area contributed by atoms with Crippen molar-refractivity contribution in [2.75, 3.05) is 0 Å². The molecule has 0 aliphatic heterocycles. The summed E-state index contributed by atoms with van der Waals surface area (Å²) >= 11 is 0. The predicted molar refractivity (Wildman–Crippen MR) is 88.6 cm³/mol. The van der Waals surface area contributed by atoms with E-state index in [9.17, 15) is 0 Å². The summed E-state index contributed by atoms with van der Waals surface area (Å²) in [6.45, 7) is 1.08. The predicted octanol–water partition coefficient (Wildman–Crippen LogP) is 2.05. The van der Waals surface area contributed by atoms with Crippen LogP contribution in [0, 0.1) is 0 Å². The number of carboxylic acids is 1. The van der Waals surface area contributed by atoms with Gasteiger partial charge in [0.1, 0.15) is 0 Å². The van der Waals surface area contributed by atoms with E-state index in [2.05, 4.69) is 22.3 Å². The average Bonchev–Trinajstić information content (AvgIpc) is 2.48. The molecule has 0 bridgehead atoms. The van der Waals surface area contributed by atoms with E-state index in [1.807, 2.05) is 42.5 Å². The summed E-state index contributed by atoms with van der Waals surface area (Å²) in [6.07, 6.45) is 1.61. The Morgan fingerprint density at radius 1 is 1.00 bits per heavy atom. The van der Waals surface area contributed by atoms with Crippen LogP contribution in [0.25, 0.3) is 11.1 Å². The number of carboxylic acid groups (broad SMARTS) is 1. The second-order valence-electron chi connectivity index (χ2n) is 4.28. The Bertz CT molecular complexity index is 642. The lowest BCUT2D eigenvalue weighted by Crippen LogP contribution is -2.21. The van der Waals surface area contributed by atoms with Gasteiger partial charge in [-0.25, -0.2) is 0 Å². The van der Waals surface area contributed by atoms with Crippen molar-refractivity contribution in [3.63, 3.8) is 0 Å². The summed E-state index contributed by atoms with van der Waals surface area (Å²) in [5, 5.41) is 14.7.